The lowest BCUT2D eigenvalue weighted by atomic mass is 9.88. The number of rotatable bonds is 3. The van der Waals surface area contributed by atoms with Crippen LogP contribution < -0.4 is 5.32 Å². The van der Waals surface area contributed by atoms with Crippen molar-refractivity contribution >= 4 is 0 Å². The Labute approximate surface area is 119 Å². The molecule has 19 heavy (non-hydrogen) atoms. The van der Waals surface area contributed by atoms with E-state index in [1.807, 2.05) is 0 Å². The summed E-state index contributed by atoms with van der Waals surface area (Å²) < 4.78 is 0. The van der Waals surface area contributed by atoms with Crippen LogP contribution in [0.3, 0.4) is 0 Å². The zero-order valence-corrected chi connectivity index (χ0v) is 13.2. The maximum absolute atomic E-state index is 3.95. The predicted octanol–water partition coefficient (Wildman–Crippen LogP) is 3.42. The zero-order chi connectivity index (χ0) is 13.5. The van der Waals surface area contributed by atoms with Crippen LogP contribution in [0.2, 0.25) is 0 Å². The van der Waals surface area contributed by atoms with Crippen molar-refractivity contribution in [2.24, 2.45) is 11.3 Å². The lowest BCUT2D eigenvalue weighted by Gasteiger charge is -2.47. The lowest BCUT2D eigenvalue weighted by molar-refractivity contribution is 0.0600. The summed E-state index contributed by atoms with van der Waals surface area (Å²) in [4.78, 5) is 2.87. The molecule has 2 nitrogen and oxygen atoms in total. The Bertz CT molecular complexity index is 308. The third-order valence-corrected chi connectivity index (χ3v) is 5.54. The van der Waals surface area contributed by atoms with E-state index in [-0.39, 0.29) is 0 Å². The van der Waals surface area contributed by atoms with E-state index in [9.17, 15) is 0 Å². The molecule has 1 unspecified atom stereocenters. The molecule has 0 bridgehead atoms. The first-order valence-electron chi connectivity index (χ1n) is 8.47. The van der Waals surface area contributed by atoms with Crippen molar-refractivity contribution in [3.05, 3.63) is 0 Å². The molecule has 1 saturated heterocycles. The summed E-state index contributed by atoms with van der Waals surface area (Å²) in [6.07, 6.45) is 10.00. The van der Waals surface area contributed by atoms with Crippen molar-refractivity contribution in [1.82, 2.24) is 10.2 Å². The first-order chi connectivity index (χ1) is 8.98. The van der Waals surface area contributed by atoms with Crippen molar-refractivity contribution in [2.45, 2.75) is 77.3 Å². The highest BCUT2D eigenvalue weighted by Gasteiger charge is 2.45. The van der Waals surface area contributed by atoms with Gasteiger partial charge in [-0.25, -0.2) is 0 Å². The van der Waals surface area contributed by atoms with Gasteiger partial charge in [0, 0.05) is 24.7 Å². The summed E-state index contributed by atoms with van der Waals surface area (Å²) in [7, 11) is 0. The fourth-order valence-corrected chi connectivity index (χ4v) is 4.07. The highest BCUT2D eigenvalue weighted by atomic mass is 15.3. The third-order valence-electron chi connectivity index (χ3n) is 5.54. The molecule has 2 aliphatic carbocycles. The van der Waals surface area contributed by atoms with Gasteiger partial charge in [0.05, 0.1) is 0 Å². The molecule has 1 heterocycles. The van der Waals surface area contributed by atoms with Crippen molar-refractivity contribution in [3.63, 3.8) is 0 Å². The molecule has 110 valence electrons. The van der Waals surface area contributed by atoms with Gasteiger partial charge in [-0.3, -0.25) is 4.90 Å². The van der Waals surface area contributed by atoms with Gasteiger partial charge in [0.2, 0.25) is 0 Å². The molecule has 1 spiro atoms. The van der Waals surface area contributed by atoms with Gasteiger partial charge in [-0.05, 0) is 50.0 Å². The number of hydrogen-bond acceptors (Lipinski definition) is 2. The van der Waals surface area contributed by atoms with Crippen LogP contribution in [0.1, 0.15) is 65.7 Å². The van der Waals surface area contributed by atoms with Crippen molar-refractivity contribution < 1.29 is 0 Å². The van der Waals surface area contributed by atoms with E-state index in [1.165, 1.54) is 64.6 Å². The third kappa shape index (κ3) is 3.33. The molecule has 0 aromatic rings. The van der Waals surface area contributed by atoms with Gasteiger partial charge in [0.15, 0.2) is 0 Å². The summed E-state index contributed by atoms with van der Waals surface area (Å²) in [5.74, 6) is 1.01. The first-order valence-corrected chi connectivity index (χ1v) is 8.47. The SMILES string of the molecule is CC(C)(C)CCN1CC2(CCCC2)NCC1C1CC1. The summed E-state index contributed by atoms with van der Waals surface area (Å²) in [6, 6.07) is 0.841. The van der Waals surface area contributed by atoms with E-state index in [4.69, 9.17) is 0 Å². The van der Waals surface area contributed by atoms with Crippen LogP contribution in [0.25, 0.3) is 0 Å². The summed E-state index contributed by atoms with van der Waals surface area (Å²) in [6.45, 7) is 11.0. The van der Waals surface area contributed by atoms with Crippen molar-refractivity contribution in [3.8, 4) is 0 Å². The van der Waals surface area contributed by atoms with Gasteiger partial charge >= 0.3 is 0 Å². The summed E-state index contributed by atoms with van der Waals surface area (Å²) >= 11 is 0. The van der Waals surface area contributed by atoms with Crippen LogP contribution >= 0.6 is 0 Å². The molecule has 1 aliphatic heterocycles. The summed E-state index contributed by atoms with van der Waals surface area (Å²) in [5.41, 5.74) is 0.963. The fourth-order valence-electron chi connectivity index (χ4n) is 4.07. The Morgan fingerprint density at radius 2 is 1.84 bits per heavy atom. The Kier molecular flexibility index (Phi) is 3.68. The van der Waals surface area contributed by atoms with Gasteiger partial charge in [-0.15, -0.1) is 0 Å². The van der Waals surface area contributed by atoms with E-state index in [0.29, 0.717) is 11.0 Å². The smallest absolute Gasteiger partial charge is 0.0309 e. The van der Waals surface area contributed by atoms with Gasteiger partial charge in [-0.1, -0.05) is 33.6 Å². The second kappa shape index (κ2) is 5.04. The van der Waals surface area contributed by atoms with E-state index < -0.39 is 0 Å². The average molecular weight is 264 g/mol. The fraction of sp³-hybridized carbons (Fsp3) is 1.00. The molecule has 1 N–H and O–H groups in total. The normalized spacial score (nSPS) is 32.1. The van der Waals surface area contributed by atoms with Crippen LogP contribution in [0, 0.1) is 11.3 Å². The molecule has 3 rings (SSSR count). The molecule has 1 atom stereocenters. The molecule has 0 radical (unpaired) electrons. The standard InChI is InChI=1S/C17H32N2/c1-16(2,3)10-11-19-13-17(8-4-5-9-17)18-12-15(19)14-6-7-14/h14-15,18H,4-13H2,1-3H3. The van der Waals surface area contributed by atoms with E-state index in [1.54, 1.807) is 0 Å². The molecule has 3 fully saturated rings. The highest BCUT2D eigenvalue weighted by molar-refractivity contribution is 5.04. The quantitative estimate of drug-likeness (QED) is 0.840. The molecule has 0 aromatic heterocycles. The van der Waals surface area contributed by atoms with Crippen LogP contribution in [-0.4, -0.2) is 36.1 Å². The number of nitrogens with one attached hydrogen (secondary N) is 1. The van der Waals surface area contributed by atoms with Crippen LogP contribution in [0.4, 0.5) is 0 Å². The van der Waals surface area contributed by atoms with Crippen LogP contribution in [0.5, 0.6) is 0 Å². The second-order valence-electron chi connectivity index (χ2n) is 8.55. The maximum Gasteiger partial charge on any atom is 0.0309 e. The largest absolute Gasteiger partial charge is 0.308 e. The Balaban J connectivity index is 1.64. The maximum atomic E-state index is 3.95. The topological polar surface area (TPSA) is 15.3 Å². The molecule has 3 aliphatic rings. The van der Waals surface area contributed by atoms with Crippen LogP contribution in [-0.2, 0) is 0 Å². The predicted molar refractivity (Wildman–Crippen MR) is 81.4 cm³/mol. The van der Waals surface area contributed by atoms with Gasteiger partial charge in [0.25, 0.3) is 0 Å². The van der Waals surface area contributed by atoms with E-state index in [2.05, 4.69) is 31.0 Å². The molecule has 0 amide bonds. The van der Waals surface area contributed by atoms with Crippen LogP contribution in [0.15, 0.2) is 0 Å². The minimum Gasteiger partial charge on any atom is -0.308 e. The van der Waals surface area contributed by atoms with Crippen molar-refractivity contribution in [1.29, 1.82) is 0 Å². The Hall–Kier alpha value is -0.0800. The number of nitrogens with zero attached hydrogens (tertiary/aromatic N) is 1. The molecule has 0 aromatic carbocycles. The minimum atomic E-state index is 0.474. The van der Waals surface area contributed by atoms with Gasteiger partial charge in [-0.2, -0.15) is 0 Å². The number of hydrogen-bond donors (Lipinski definition) is 1. The molecular weight excluding hydrogens is 232 g/mol. The summed E-state index contributed by atoms with van der Waals surface area (Å²) in [5, 5.41) is 3.95. The minimum absolute atomic E-state index is 0.474. The zero-order valence-electron chi connectivity index (χ0n) is 13.2. The van der Waals surface area contributed by atoms with E-state index in [0.717, 1.165) is 12.0 Å². The number of piperazine rings is 1. The van der Waals surface area contributed by atoms with Gasteiger partial charge in [0.1, 0.15) is 0 Å². The molecule has 2 heteroatoms. The van der Waals surface area contributed by atoms with Crippen molar-refractivity contribution in [2.75, 3.05) is 19.6 Å². The van der Waals surface area contributed by atoms with Gasteiger partial charge < -0.3 is 5.32 Å². The molecular formula is C17H32N2. The lowest BCUT2D eigenvalue weighted by Crippen LogP contribution is -2.63. The monoisotopic (exact) mass is 264 g/mol. The highest BCUT2D eigenvalue weighted by Crippen LogP contribution is 2.40. The molecule has 2 saturated carbocycles. The Morgan fingerprint density at radius 1 is 1.16 bits per heavy atom. The Morgan fingerprint density at radius 3 is 2.42 bits per heavy atom. The average Bonchev–Trinajstić information content (AvgIpc) is 3.08. The van der Waals surface area contributed by atoms with E-state index >= 15 is 0 Å². The first kappa shape index (κ1) is 13.9. The second-order valence-corrected chi connectivity index (χ2v) is 8.55.